The molecular formula is C36H39N7O9. The zero-order valence-electron chi connectivity index (χ0n) is 28.3. The minimum Gasteiger partial charge on any atom is -0.507 e. The number of anilines is 2. The molecule has 3 aliphatic carbocycles. The second-order valence-corrected chi connectivity index (χ2v) is 13.7. The van der Waals surface area contributed by atoms with Crippen molar-refractivity contribution in [2.24, 2.45) is 10.8 Å². The number of hydrogen-bond donors (Lipinski definition) is 5. The Morgan fingerprint density at radius 1 is 0.923 bits per heavy atom. The predicted molar refractivity (Wildman–Crippen MR) is 184 cm³/mol. The summed E-state index contributed by atoms with van der Waals surface area (Å²) in [5.41, 5.74) is 7.59. The molecule has 1 aromatic heterocycles. The van der Waals surface area contributed by atoms with Crippen LogP contribution in [0, 0.1) is 10.8 Å². The van der Waals surface area contributed by atoms with Gasteiger partial charge >= 0.3 is 0 Å². The Kier molecular flexibility index (Phi) is 9.50. The van der Waals surface area contributed by atoms with Crippen LogP contribution in [-0.2, 0) is 23.9 Å². The van der Waals surface area contributed by atoms with Crippen molar-refractivity contribution >= 4 is 41.0 Å². The second-order valence-electron chi connectivity index (χ2n) is 13.7. The number of rotatable bonds is 16. The van der Waals surface area contributed by atoms with Crippen molar-refractivity contribution in [2.75, 3.05) is 57.2 Å². The van der Waals surface area contributed by atoms with E-state index in [2.05, 4.69) is 26.1 Å². The van der Waals surface area contributed by atoms with Gasteiger partial charge in [0.25, 0.3) is 11.8 Å². The Labute approximate surface area is 298 Å². The maximum Gasteiger partial charge on any atom is 0.262 e. The first kappa shape index (κ1) is 34.8. The van der Waals surface area contributed by atoms with Gasteiger partial charge in [-0.25, -0.2) is 0 Å². The zero-order valence-corrected chi connectivity index (χ0v) is 28.3. The number of carbonyl (C=O) groups is 5. The summed E-state index contributed by atoms with van der Waals surface area (Å²) < 4.78 is 17.2. The van der Waals surface area contributed by atoms with Gasteiger partial charge in [-0.3, -0.25) is 34.2 Å². The van der Waals surface area contributed by atoms with Crippen LogP contribution in [0.5, 0.6) is 11.5 Å². The average molecular weight is 714 g/mol. The van der Waals surface area contributed by atoms with Crippen molar-refractivity contribution in [1.29, 1.82) is 0 Å². The quantitative estimate of drug-likeness (QED) is 0.105. The number of imide groups is 2. The minimum absolute atomic E-state index is 0.0218. The molecule has 6 N–H and O–H groups in total. The average Bonchev–Trinajstić information content (AvgIpc) is 3.33. The summed E-state index contributed by atoms with van der Waals surface area (Å²) in [6.07, 6.45) is 2.37. The third-order valence-corrected chi connectivity index (χ3v) is 10.0. The van der Waals surface area contributed by atoms with Crippen molar-refractivity contribution in [1.82, 2.24) is 25.7 Å². The second kappa shape index (κ2) is 14.2. The number of hydrogen-bond acceptors (Lipinski definition) is 13. The van der Waals surface area contributed by atoms with Crippen LogP contribution in [0.1, 0.15) is 52.8 Å². The SMILES string of the molecule is Nc1nnc(-c2ccccc2O)cc1OCC12CC(C(=O)NCCOCCOCCNc3ccc4c(c3)C(=O)N(C3CCC(=O)NC3=O)C4=O)(C1)C2. The summed E-state index contributed by atoms with van der Waals surface area (Å²) in [5, 5.41) is 26.5. The number of nitrogen functional groups attached to an aromatic ring is 1. The third-order valence-electron chi connectivity index (χ3n) is 10.0. The normalized spacial score (nSPS) is 23.0. The van der Waals surface area contributed by atoms with Crippen molar-refractivity contribution in [3.8, 4) is 22.8 Å². The lowest BCUT2D eigenvalue weighted by Gasteiger charge is -2.68. The number of phenols is 1. The Morgan fingerprint density at radius 3 is 2.40 bits per heavy atom. The highest BCUT2D eigenvalue weighted by molar-refractivity contribution is 6.23. The summed E-state index contributed by atoms with van der Waals surface area (Å²) in [6, 6.07) is 12.3. The number of nitrogens with one attached hydrogen (secondary N) is 3. The van der Waals surface area contributed by atoms with E-state index in [9.17, 15) is 29.1 Å². The molecule has 2 aromatic carbocycles. The molecule has 16 nitrogen and oxygen atoms in total. The van der Waals surface area contributed by atoms with Crippen LogP contribution in [-0.4, -0.2) is 102 Å². The van der Waals surface area contributed by atoms with Crippen LogP contribution in [0.4, 0.5) is 11.5 Å². The summed E-state index contributed by atoms with van der Waals surface area (Å²) in [7, 11) is 0. The molecule has 1 unspecified atom stereocenters. The Hall–Kier alpha value is -5.61. The highest BCUT2D eigenvalue weighted by atomic mass is 16.5. The van der Waals surface area contributed by atoms with E-state index in [0.717, 1.165) is 24.2 Å². The van der Waals surface area contributed by atoms with Gasteiger partial charge < -0.3 is 35.7 Å². The largest absolute Gasteiger partial charge is 0.507 e. The molecular weight excluding hydrogens is 674 g/mol. The van der Waals surface area contributed by atoms with Crippen molar-refractivity contribution in [3.05, 3.63) is 59.7 Å². The molecule has 4 fully saturated rings. The van der Waals surface area contributed by atoms with Crippen LogP contribution in [0.15, 0.2) is 48.5 Å². The molecule has 2 aliphatic heterocycles. The van der Waals surface area contributed by atoms with Gasteiger partial charge in [0.2, 0.25) is 17.7 Å². The number of nitrogens with zero attached hydrogens (tertiary/aromatic N) is 3. The van der Waals surface area contributed by atoms with E-state index < -0.39 is 29.7 Å². The van der Waals surface area contributed by atoms with Gasteiger partial charge in [-0.15, -0.1) is 10.2 Å². The van der Waals surface area contributed by atoms with Crippen LogP contribution in [0.2, 0.25) is 0 Å². The molecule has 3 heterocycles. The van der Waals surface area contributed by atoms with Gasteiger partial charge in [-0.2, -0.15) is 0 Å². The molecule has 5 aliphatic rings. The number of nitrogens with two attached hydrogens (primary N) is 1. The van der Waals surface area contributed by atoms with Gasteiger partial charge in [0.1, 0.15) is 17.5 Å². The third kappa shape index (κ3) is 6.74. The first-order valence-corrected chi connectivity index (χ1v) is 17.2. The smallest absolute Gasteiger partial charge is 0.262 e. The predicted octanol–water partition coefficient (Wildman–Crippen LogP) is 1.64. The Morgan fingerprint density at radius 2 is 1.65 bits per heavy atom. The van der Waals surface area contributed by atoms with Gasteiger partial charge in [0, 0.05) is 42.2 Å². The number of para-hydroxylation sites is 1. The monoisotopic (exact) mass is 713 g/mol. The summed E-state index contributed by atoms with van der Waals surface area (Å²) >= 11 is 0. The minimum atomic E-state index is -1.01. The summed E-state index contributed by atoms with van der Waals surface area (Å²) in [6.45, 7) is 2.66. The van der Waals surface area contributed by atoms with Crippen molar-refractivity contribution < 1.29 is 43.3 Å². The lowest BCUT2D eigenvalue weighted by Crippen LogP contribution is -2.69. The molecule has 0 spiro atoms. The number of aromatic hydroxyl groups is 1. The number of carbonyl (C=O) groups excluding carboxylic acids is 5. The lowest BCUT2D eigenvalue weighted by atomic mass is 9.35. The molecule has 5 amide bonds. The zero-order chi connectivity index (χ0) is 36.5. The number of ether oxygens (including phenoxy) is 3. The van der Waals surface area contributed by atoms with Crippen LogP contribution in [0.25, 0.3) is 11.3 Å². The molecule has 2 bridgehead atoms. The molecule has 1 saturated heterocycles. The van der Waals surface area contributed by atoms with Gasteiger partial charge in [-0.05, 0) is 56.0 Å². The van der Waals surface area contributed by atoms with E-state index in [-0.39, 0.29) is 52.3 Å². The molecule has 272 valence electrons. The molecule has 16 heteroatoms. The standard InChI is InChI=1S/C36H39N7O9/c37-30-28(16-25(41-42-30)23-3-1-2-4-27(23)44)52-20-35-17-36(18-35,19-35)34(49)39-10-12-51-14-13-50-11-9-38-21-5-6-22-24(15-21)33(48)43(32(22)47)26-7-8-29(45)40-31(26)46/h1-6,15-16,26,38,44H,7-14,17-20H2,(H2,37,42)(H,39,49)(H,40,45,46). The van der Waals surface area contributed by atoms with Crippen molar-refractivity contribution in [3.63, 3.8) is 0 Å². The van der Waals surface area contributed by atoms with E-state index in [1.54, 1.807) is 48.5 Å². The Balaban J connectivity index is 0.745. The Bertz CT molecular complexity index is 1920. The maximum atomic E-state index is 13.0. The number of phenolic OH excluding ortho intramolecular Hbond substituents is 1. The fourth-order valence-electron chi connectivity index (χ4n) is 7.54. The number of benzene rings is 2. The van der Waals surface area contributed by atoms with Crippen LogP contribution >= 0.6 is 0 Å². The fraction of sp³-hybridized carbons (Fsp3) is 0.417. The van der Waals surface area contributed by atoms with Crippen molar-refractivity contribution in [2.45, 2.75) is 38.1 Å². The van der Waals surface area contributed by atoms with Crippen LogP contribution in [0.3, 0.4) is 0 Å². The summed E-state index contributed by atoms with van der Waals surface area (Å²) in [4.78, 5) is 63.4. The first-order chi connectivity index (χ1) is 25.1. The van der Waals surface area contributed by atoms with Crippen LogP contribution < -0.4 is 26.4 Å². The highest BCUT2D eigenvalue weighted by Gasteiger charge is 2.71. The van der Waals surface area contributed by atoms with E-state index in [1.807, 2.05) is 0 Å². The number of piperidine rings is 1. The van der Waals surface area contributed by atoms with Gasteiger partial charge in [0.15, 0.2) is 11.6 Å². The number of fused-ring (bicyclic) bond motifs is 1. The van der Waals surface area contributed by atoms with E-state index in [1.165, 1.54) is 0 Å². The topological polar surface area (TPSA) is 224 Å². The van der Waals surface area contributed by atoms with Gasteiger partial charge in [-0.1, -0.05) is 12.1 Å². The lowest BCUT2D eigenvalue weighted by molar-refractivity contribution is -0.217. The molecule has 3 saturated carbocycles. The molecule has 0 radical (unpaired) electrons. The fourth-order valence-corrected chi connectivity index (χ4v) is 7.54. The van der Waals surface area contributed by atoms with E-state index in [4.69, 9.17) is 19.9 Å². The molecule has 8 rings (SSSR count). The first-order valence-electron chi connectivity index (χ1n) is 17.2. The summed E-state index contributed by atoms with van der Waals surface area (Å²) in [5.74, 6) is -1.52. The molecule has 3 aromatic rings. The van der Waals surface area contributed by atoms with E-state index >= 15 is 0 Å². The van der Waals surface area contributed by atoms with E-state index in [0.29, 0.717) is 68.8 Å². The van der Waals surface area contributed by atoms with Gasteiger partial charge in [0.05, 0.1) is 49.6 Å². The molecule has 1 atom stereocenters. The maximum absolute atomic E-state index is 13.0. The highest BCUT2D eigenvalue weighted by Crippen LogP contribution is 2.73. The number of amides is 5. The number of aromatic nitrogens is 2. The molecule has 52 heavy (non-hydrogen) atoms.